The van der Waals surface area contributed by atoms with Gasteiger partial charge < -0.3 is 20.7 Å². The van der Waals surface area contributed by atoms with Crippen LogP contribution in [-0.2, 0) is 9.53 Å². The minimum Gasteiger partial charge on any atom is -0.383 e. The van der Waals surface area contributed by atoms with Gasteiger partial charge in [-0.05, 0) is 26.2 Å². The molecular formula is C15H29N5O2. The van der Waals surface area contributed by atoms with Crippen molar-refractivity contribution in [3.8, 4) is 0 Å². The van der Waals surface area contributed by atoms with Crippen LogP contribution in [0.4, 0.5) is 0 Å². The van der Waals surface area contributed by atoms with Crippen molar-refractivity contribution >= 4 is 11.9 Å². The summed E-state index contributed by atoms with van der Waals surface area (Å²) in [5, 5.41) is 9.27. The molecule has 0 radical (unpaired) electrons. The topological polar surface area (TPSA) is 78.0 Å². The molecule has 2 unspecified atom stereocenters. The Balaban J connectivity index is 1.68. The Bertz CT molecular complexity index is 397. The Kier molecular flexibility index (Phi) is 6.45. The lowest BCUT2D eigenvalue weighted by molar-refractivity contribution is -0.120. The van der Waals surface area contributed by atoms with Crippen LogP contribution in [0.3, 0.4) is 0 Å². The molecule has 7 heteroatoms. The van der Waals surface area contributed by atoms with Crippen LogP contribution in [0.15, 0.2) is 4.99 Å². The third-order valence-electron chi connectivity index (χ3n) is 4.25. The lowest BCUT2D eigenvalue weighted by Crippen LogP contribution is -2.47. The largest absolute Gasteiger partial charge is 0.383 e. The standard InChI is InChI=1S/C15H29N5O2/c1-11-8-12(10-20(11)13-4-5-13)19-15(16-2)18-9-14(21)17-6-7-22-3/h11-13H,4-10H2,1-3H3,(H,17,21)(H2,16,18,19). The molecule has 1 aliphatic heterocycles. The maximum atomic E-state index is 11.7. The van der Waals surface area contributed by atoms with E-state index in [2.05, 4.69) is 32.8 Å². The van der Waals surface area contributed by atoms with E-state index in [9.17, 15) is 4.79 Å². The summed E-state index contributed by atoms with van der Waals surface area (Å²) >= 11 is 0. The molecule has 22 heavy (non-hydrogen) atoms. The van der Waals surface area contributed by atoms with E-state index in [1.165, 1.54) is 12.8 Å². The predicted octanol–water partition coefficient (Wildman–Crippen LogP) is -0.461. The molecule has 0 aromatic rings. The number of hydrogen-bond donors (Lipinski definition) is 3. The highest BCUT2D eigenvalue weighted by atomic mass is 16.5. The summed E-state index contributed by atoms with van der Waals surface area (Å²) in [5.74, 6) is 0.635. The molecule has 1 heterocycles. The van der Waals surface area contributed by atoms with Crippen molar-refractivity contribution in [1.29, 1.82) is 0 Å². The first kappa shape index (κ1) is 17.0. The van der Waals surface area contributed by atoms with E-state index in [-0.39, 0.29) is 12.5 Å². The van der Waals surface area contributed by atoms with Crippen molar-refractivity contribution < 1.29 is 9.53 Å². The first-order valence-corrected chi connectivity index (χ1v) is 8.12. The van der Waals surface area contributed by atoms with E-state index in [1.807, 2.05) is 0 Å². The zero-order chi connectivity index (χ0) is 15.9. The average Bonchev–Trinajstić information content (AvgIpc) is 3.27. The summed E-state index contributed by atoms with van der Waals surface area (Å²) in [4.78, 5) is 18.4. The molecule has 0 aromatic carbocycles. The first-order valence-electron chi connectivity index (χ1n) is 8.12. The predicted molar refractivity (Wildman–Crippen MR) is 87.0 cm³/mol. The average molecular weight is 311 g/mol. The third kappa shape index (κ3) is 5.14. The second-order valence-electron chi connectivity index (χ2n) is 6.12. The molecule has 0 spiro atoms. The molecule has 2 atom stereocenters. The van der Waals surface area contributed by atoms with E-state index >= 15 is 0 Å². The van der Waals surface area contributed by atoms with Gasteiger partial charge in [-0.15, -0.1) is 0 Å². The lowest BCUT2D eigenvalue weighted by atomic mass is 10.2. The molecule has 3 N–H and O–H groups in total. The molecular weight excluding hydrogens is 282 g/mol. The number of guanidine groups is 1. The highest BCUT2D eigenvalue weighted by Gasteiger charge is 2.38. The Morgan fingerprint density at radius 1 is 1.36 bits per heavy atom. The van der Waals surface area contributed by atoms with Crippen LogP contribution in [0.25, 0.3) is 0 Å². The van der Waals surface area contributed by atoms with Gasteiger partial charge in [-0.1, -0.05) is 0 Å². The Hall–Kier alpha value is -1.34. The van der Waals surface area contributed by atoms with Gasteiger partial charge in [0.2, 0.25) is 5.91 Å². The first-order chi connectivity index (χ1) is 10.6. The van der Waals surface area contributed by atoms with Gasteiger partial charge in [0.05, 0.1) is 13.2 Å². The Morgan fingerprint density at radius 3 is 2.77 bits per heavy atom. The van der Waals surface area contributed by atoms with Crippen LogP contribution in [0, 0.1) is 0 Å². The van der Waals surface area contributed by atoms with Gasteiger partial charge in [0.25, 0.3) is 0 Å². The summed E-state index contributed by atoms with van der Waals surface area (Å²) in [6, 6.07) is 1.82. The van der Waals surface area contributed by atoms with Crippen LogP contribution in [0.5, 0.6) is 0 Å². The maximum Gasteiger partial charge on any atom is 0.239 e. The fourth-order valence-corrected chi connectivity index (χ4v) is 2.98. The van der Waals surface area contributed by atoms with E-state index in [4.69, 9.17) is 4.74 Å². The number of nitrogens with zero attached hydrogens (tertiary/aromatic N) is 2. The zero-order valence-corrected chi connectivity index (χ0v) is 13.9. The van der Waals surface area contributed by atoms with Gasteiger partial charge >= 0.3 is 0 Å². The summed E-state index contributed by atoms with van der Waals surface area (Å²) in [7, 11) is 3.35. The van der Waals surface area contributed by atoms with Crippen molar-refractivity contribution in [2.75, 3.05) is 40.4 Å². The Morgan fingerprint density at radius 2 is 2.14 bits per heavy atom. The van der Waals surface area contributed by atoms with Gasteiger partial charge in [-0.25, -0.2) is 0 Å². The van der Waals surface area contributed by atoms with Crippen LogP contribution >= 0.6 is 0 Å². The van der Waals surface area contributed by atoms with Crippen LogP contribution < -0.4 is 16.0 Å². The maximum absolute atomic E-state index is 11.7. The number of methoxy groups -OCH3 is 1. The van der Waals surface area contributed by atoms with Gasteiger partial charge in [0.15, 0.2) is 5.96 Å². The number of ether oxygens (including phenoxy) is 1. The minimum absolute atomic E-state index is 0.0561. The van der Waals surface area contributed by atoms with E-state index in [0.717, 1.165) is 19.0 Å². The quantitative estimate of drug-likeness (QED) is 0.337. The van der Waals surface area contributed by atoms with Crippen molar-refractivity contribution in [3.63, 3.8) is 0 Å². The molecule has 126 valence electrons. The van der Waals surface area contributed by atoms with E-state index < -0.39 is 0 Å². The van der Waals surface area contributed by atoms with Gasteiger partial charge in [0, 0.05) is 45.4 Å². The van der Waals surface area contributed by atoms with Crippen LogP contribution in [0.1, 0.15) is 26.2 Å². The normalized spacial score (nSPS) is 26.0. The van der Waals surface area contributed by atoms with E-state index in [0.29, 0.717) is 31.2 Å². The molecule has 0 aromatic heterocycles. The molecule has 0 bridgehead atoms. The van der Waals surface area contributed by atoms with E-state index in [1.54, 1.807) is 14.2 Å². The van der Waals surface area contributed by atoms with Crippen molar-refractivity contribution in [1.82, 2.24) is 20.9 Å². The number of likely N-dealkylation sites (tertiary alicyclic amines) is 1. The van der Waals surface area contributed by atoms with Crippen molar-refractivity contribution in [2.24, 2.45) is 4.99 Å². The van der Waals surface area contributed by atoms with Crippen LogP contribution in [-0.4, -0.2) is 75.3 Å². The number of rotatable bonds is 7. The Labute approximate surface area is 132 Å². The number of carbonyl (C=O) groups excluding carboxylic acids is 1. The molecule has 2 aliphatic rings. The number of nitrogens with one attached hydrogen (secondary N) is 3. The number of hydrogen-bond acceptors (Lipinski definition) is 4. The smallest absolute Gasteiger partial charge is 0.239 e. The molecule has 1 saturated carbocycles. The van der Waals surface area contributed by atoms with Gasteiger partial charge in [0.1, 0.15) is 0 Å². The van der Waals surface area contributed by atoms with Crippen molar-refractivity contribution in [2.45, 2.75) is 44.3 Å². The summed E-state index contributed by atoms with van der Waals surface area (Å²) in [6.45, 7) is 4.62. The van der Waals surface area contributed by atoms with Crippen LogP contribution in [0.2, 0.25) is 0 Å². The summed E-state index contributed by atoms with van der Waals surface area (Å²) < 4.78 is 4.90. The monoisotopic (exact) mass is 311 g/mol. The molecule has 2 fully saturated rings. The molecule has 2 rings (SSSR count). The third-order valence-corrected chi connectivity index (χ3v) is 4.25. The summed E-state index contributed by atoms with van der Waals surface area (Å²) in [6.07, 6.45) is 3.80. The van der Waals surface area contributed by atoms with Gasteiger partial charge in [-0.3, -0.25) is 14.7 Å². The second-order valence-corrected chi connectivity index (χ2v) is 6.12. The number of carbonyl (C=O) groups is 1. The zero-order valence-electron chi connectivity index (χ0n) is 13.9. The molecule has 1 saturated heterocycles. The highest BCUT2D eigenvalue weighted by Crippen LogP contribution is 2.33. The fourth-order valence-electron chi connectivity index (χ4n) is 2.98. The molecule has 7 nitrogen and oxygen atoms in total. The minimum atomic E-state index is -0.0561. The second kappa shape index (κ2) is 8.33. The molecule has 1 aliphatic carbocycles. The molecule has 1 amide bonds. The number of amides is 1. The fraction of sp³-hybridized carbons (Fsp3) is 0.867. The lowest BCUT2D eigenvalue weighted by Gasteiger charge is -2.20. The van der Waals surface area contributed by atoms with Gasteiger partial charge in [-0.2, -0.15) is 0 Å². The highest BCUT2D eigenvalue weighted by molar-refractivity contribution is 5.86. The van der Waals surface area contributed by atoms with Crippen molar-refractivity contribution in [3.05, 3.63) is 0 Å². The summed E-state index contributed by atoms with van der Waals surface area (Å²) in [5.41, 5.74) is 0. The number of aliphatic imine (C=N–C) groups is 1. The SMILES string of the molecule is CN=C(NCC(=O)NCCOC)NC1CC(C)N(C2CC2)C1.